The first-order valence-electron chi connectivity index (χ1n) is 5.07. The smallest absolute Gasteiger partial charge is 0.00436 e. The Kier molecular flexibility index (Phi) is 1.92. The summed E-state index contributed by atoms with van der Waals surface area (Å²) in [7, 11) is 0. The van der Waals surface area contributed by atoms with Crippen molar-refractivity contribution < 1.29 is 0 Å². The molecule has 0 heterocycles. The average molecular weight is 153 g/mol. The molecule has 2 aliphatic rings. The predicted molar refractivity (Wildman–Crippen MR) is 47.3 cm³/mol. The zero-order valence-corrected chi connectivity index (χ0v) is 7.31. The third-order valence-electron chi connectivity index (χ3n) is 3.77. The Labute approximate surface area is 69.4 Å². The molecule has 2 saturated carbocycles. The predicted octanol–water partition coefficient (Wildman–Crippen LogP) is 2.31. The summed E-state index contributed by atoms with van der Waals surface area (Å²) in [5.74, 6) is 0.880. The van der Waals surface area contributed by atoms with Gasteiger partial charge in [-0.15, -0.1) is 0 Å². The van der Waals surface area contributed by atoms with Crippen LogP contribution in [0.25, 0.3) is 0 Å². The molecule has 0 amide bonds. The van der Waals surface area contributed by atoms with Crippen molar-refractivity contribution in [1.82, 2.24) is 0 Å². The van der Waals surface area contributed by atoms with Gasteiger partial charge in [0.25, 0.3) is 0 Å². The lowest BCUT2D eigenvalue weighted by molar-refractivity contribution is 0.295. The SMILES string of the molecule is NC[C@H]1CCCCCC12CC2. The zero-order chi connectivity index (χ0) is 7.73. The van der Waals surface area contributed by atoms with Crippen LogP contribution in [-0.2, 0) is 0 Å². The molecule has 0 bridgehead atoms. The van der Waals surface area contributed by atoms with Crippen LogP contribution in [0.4, 0.5) is 0 Å². The normalized spacial score (nSPS) is 35.2. The van der Waals surface area contributed by atoms with Crippen LogP contribution in [-0.4, -0.2) is 6.54 Å². The van der Waals surface area contributed by atoms with Crippen LogP contribution in [0.3, 0.4) is 0 Å². The van der Waals surface area contributed by atoms with Crippen LogP contribution in [0.15, 0.2) is 0 Å². The molecule has 0 saturated heterocycles. The topological polar surface area (TPSA) is 26.0 Å². The summed E-state index contributed by atoms with van der Waals surface area (Å²) in [5.41, 5.74) is 6.54. The second-order valence-electron chi connectivity index (χ2n) is 4.39. The highest BCUT2D eigenvalue weighted by atomic mass is 14.6. The molecular weight excluding hydrogens is 134 g/mol. The standard InChI is InChI=1S/C10H19N/c11-8-9-4-2-1-3-5-10(9)6-7-10/h9H,1-8,11H2/t9-/m1/s1. The van der Waals surface area contributed by atoms with Crippen molar-refractivity contribution >= 4 is 0 Å². The van der Waals surface area contributed by atoms with Crippen molar-refractivity contribution in [2.24, 2.45) is 17.1 Å². The number of hydrogen-bond donors (Lipinski definition) is 1. The van der Waals surface area contributed by atoms with E-state index < -0.39 is 0 Å². The Bertz CT molecular complexity index is 138. The molecule has 64 valence electrons. The van der Waals surface area contributed by atoms with E-state index in [0.29, 0.717) is 0 Å². The van der Waals surface area contributed by atoms with Gasteiger partial charge >= 0.3 is 0 Å². The minimum absolute atomic E-state index is 0.755. The summed E-state index contributed by atoms with van der Waals surface area (Å²) in [4.78, 5) is 0. The summed E-state index contributed by atoms with van der Waals surface area (Å²) < 4.78 is 0. The Morgan fingerprint density at radius 3 is 2.55 bits per heavy atom. The maximum Gasteiger partial charge on any atom is -0.00436 e. The van der Waals surface area contributed by atoms with Crippen LogP contribution in [0.2, 0.25) is 0 Å². The van der Waals surface area contributed by atoms with Gasteiger partial charge in [0.15, 0.2) is 0 Å². The van der Waals surface area contributed by atoms with E-state index in [0.717, 1.165) is 17.9 Å². The van der Waals surface area contributed by atoms with E-state index >= 15 is 0 Å². The first-order valence-corrected chi connectivity index (χ1v) is 5.07. The van der Waals surface area contributed by atoms with Gasteiger partial charge in [-0.25, -0.2) is 0 Å². The fourth-order valence-corrected chi connectivity index (χ4v) is 2.74. The lowest BCUT2D eigenvalue weighted by Gasteiger charge is -2.22. The molecule has 1 heteroatoms. The summed E-state index contributed by atoms with van der Waals surface area (Å²) in [6, 6.07) is 0. The monoisotopic (exact) mass is 153 g/mol. The van der Waals surface area contributed by atoms with Gasteiger partial charge in [-0.1, -0.05) is 19.3 Å². The van der Waals surface area contributed by atoms with E-state index in [1.807, 2.05) is 0 Å². The fraction of sp³-hybridized carbons (Fsp3) is 1.00. The van der Waals surface area contributed by atoms with Crippen molar-refractivity contribution in [2.75, 3.05) is 6.54 Å². The molecule has 0 aliphatic heterocycles. The molecule has 0 unspecified atom stereocenters. The highest BCUT2D eigenvalue weighted by molar-refractivity contribution is 4.99. The minimum Gasteiger partial charge on any atom is -0.330 e. The Balaban J connectivity index is 2.01. The van der Waals surface area contributed by atoms with Crippen LogP contribution >= 0.6 is 0 Å². The highest BCUT2D eigenvalue weighted by Crippen LogP contribution is 2.58. The van der Waals surface area contributed by atoms with E-state index in [1.165, 1.54) is 44.9 Å². The maximum absolute atomic E-state index is 5.79. The molecule has 1 spiro atoms. The van der Waals surface area contributed by atoms with E-state index in [2.05, 4.69) is 0 Å². The van der Waals surface area contributed by atoms with Gasteiger partial charge in [0, 0.05) is 0 Å². The fourth-order valence-electron chi connectivity index (χ4n) is 2.74. The first kappa shape index (κ1) is 7.60. The van der Waals surface area contributed by atoms with Crippen molar-refractivity contribution in [1.29, 1.82) is 0 Å². The summed E-state index contributed by atoms with van der Waals surface area (Å²) in [6.45, 7) is 0.944. The van der Waals surface area contributed by atoms with Crippen LogP contribution in [0, 0.1) is 11.3 Å². The van der Waals surface area contributed by atoms with E-state index in [1.54, 1.807) is 0 Å². The van der Waals surface area contributed by atoms with Crippen molar-refractivity contribution in [3.63, 3.8) is 0 Å². The van der Waals surface area contributed by atoms with E-state index in [4.69, 9.17) is 5.73 Å². The summed E-state index contributed by atoms with van der Waals surface area (Å²) in [6.07, 6.45) is 10.2. The molecular formula is C10H19N. The van der Waals surface area contributed by atoms with Gasteiger partial charge in [0.05, 0.1) is 0 Å². The Morgan fingerprint density at radius 1 is 1.09 bits per heavy atom. The number of rotatable bonds is 1. The lowest BCUT2D eigenvalue weighted by Crippen LogP contribution is -2.23. The van der Waals surface area contributed by atoms with Gasteiger partial charge < -0.3 is 5.73 Å². The molecule has 1 nitrogen and oxygen atoms in total. The van der Waals surface area contributed by atoms with Crippen molar-refractivity contribution in [3.8, 4) is 0 Å². The second-order valence-corrected chi connectivity index (χ2v) is 4.39. The van der Waals surface area contributed by atoms with Gasteiger partial charge in [-0.05, 0) is 43.6 Å². The Hall–Kier alpha value is -0.0400. The maximum atomic E-state index is 5.79. The molecule has 0 aromatic rings. The first-order chi connectivity index (χ1) is 5.37. The van der Waals surface area contributed by atoms with Gasteiger partial charge in [-0.2, -0.15) is 0 Å². The third kappa shape index (κ3) is 1.31. The molecule has 11 heavy (non-hydrogen) atoms. The van der Waals surface area contributed by atoms with Crippen LogP contribution in [0.1, 0.15) is 44.9 Å². The van der Waals surface area contributed by atoms with Crippen molar-refractivity contribution in [3.05, 3.63) is 0 Å². The molecule has 2 aliphatic carbocycles. The molecule has 2 rings (SSSR count). The molecule has 2 fully saturated rings. The average Bonchev–Trinajstić information content (AvgIpc) is 2.80. The molecule has 0 radical (unpaired) electrons. The highest BCUT2D eigenvalue weighted by Gasteiger charge is 2.47. The van der Waals surface area contributed by atoms with Gasteiger partial charge in [-0.3, -0.25) is 0 Å². The third-order valence-corrected chi connectivity index (χ3v) is 3.77. The van der Waals surface area contributed by atoms with Crippen LogP contribution < -0.4 is 5.73 Å². The van der Waals surface area contributed by atoms with Gasteiger partial charge in [0.2, 0.25) is 0 Å². The van der Waals surface area contributed by atoms with E-state index in [9.17, 15) is 0 Å². The number of hydrogen-bond acceptors (Lipinski definition) is 1. The van der Waals surface area contributed by atoms with Gasteiger partial charge in [0.1, 0.15) is 0 Å². The zero-order valence-electron chi connectivity index (χ0n) is 7.31. The quantitative estimate of drug-likeness (QED) is 0.614. The minimum atomic E-state index is 0.755. The lowest BCUT2D eigenvalue weighted by atomic mass is 9.85. The second kappa shape index (κ2) is 2.78. The summed E-state index contributed by atoms with van der Waals surface area (Å²) in [5, 5.41) is 0. The number of nitrogens with two attached hydrogens (primary N) is 1. The molecule has 1 atom stereocenters. The molecule has 0 aromatic carbocycles. The van der Waals surface area contributed by atoms with E-state index in [-0.39, 0.29) is 0 Å². The molecule has 0 aromatic heterocycles. The van der Waals surface area contributed by atoms with Crippen molar-refractivity contribution in [2.45, 2.75) is 44.9 Å². The summed E-state index contributed by atoms with van der Waals surface area (Å²) >= 11 is 0. The Morgan fingerprint density at radius 2 is 1.91 bits per heavy atom. The largest absolute Gasteiger partial charge is 0.330 e. The van der Waals surface area contributed by atoms with Crippen LogP contribution in [0.5, 0.6) is 0 Å². The molecule has 2 N–H and O–H groups in total.